The zero-order chi connectivity index (χ0) is 17.7. The first-order chi connectivity index (χ1) is 10.7. The number of ether oxygens (including phenoxy) is 2. The van der Waals surface area contributed by atoms with Crippen LogP contribution in [0.2, 0.25) is 0 Å². The van der Waals surface area contributed by atoms with Crippen molar-refractivity contribution < 1.29 is 24.2 Å². The van der Waals surface area contributed by atoms with Crippen molar-refractivity contribution in [2.45, 2.75) is 58.5 Å². The standard InChI is InChI=1S/C16H32N2O5/c1-16(2,3)23-15(21)18(4)11-8-6-5-7-9-12-22-13-10-17-14(19)20/h17H,5-13H2,1-4H3,(H,19,20). The third kappa shape index (κ3) is 15.2. The lowest BCUT2D eigenvalue weighted by atomic mass is 10.1. The van der Waals surface area contributed by atoms with Gasteiger partial charge in [-0.25, -0.2) is 9.59 Å². The maximum Gasteiger partial charge on any atom is 0.410 e. The van der Waals surface area contributed by atoms with Gasteiger partial charge in [-0.15, -0.1) is 0 Å². The average molecular weight is 332 g/mol. The summed E-state index contributed by atoms with van der Waals surface area (Å²) in [5.74, 6) is 0. The van der Waals surface area contributed by atoms with E-state index in [4.69, 9.17) is 14.6 Å². The van der Waals surface area contributed by atoms with Crippen LogP contribution in [-0.2, 0) is 9.47 Å². The third-order valence-electron chi connectivity index (χ3n) is 3.01. The van der Waals surface area contributed by atoms with Gasteiger partial charge in [-0.3, -0.25) is 0 Å². The predicted molar refractivity (Wildman–Crippen MR) is 88.8 cm³/mol. The maximum absolute atomic E-state index is 11.7. The summed E-state index contributed by atoms with van der Waals surface area (Å²) in [5.41, 5.74) is -0.453. The Morgan fingerprint density at radius 2 is 1.65 bits per heavy atom. The highest BCUT2D eigenvalue weighted by atomic mass is 16.6. The molecule has 0 aliphatic carbocycles. The van der Waals surface area contributed by atoms with Crippen LogP contribution >= 0.6 is 0 Å². The number of hydrogen-bond acceptors (Lipinski definition) is 4. The Morgan fingerprint density at radius 3 is 2.26 bits per heavy atom. The first kappa shape index (κ1) is 21.5. The molecule has 7 nitrogen and oxygen atoms in total. The van der Waals surface area contributed by atoms with Crippen molar-refractivity contribution in [3.05, 3.63) is 0 Å². The first-order valence-electron chi connectivity index (χ1n) is 8.21. The van der Waals surface area contributed by atoms with Crippen molar-refractivity contribution in [1.29, 1.82) is 0 Å². The molecule has 7 heteroatoms. The second-order valence-electron chi connectivity index (χ2n) is 6.51. The molecule has 0 heterocycles. The van der Waals surface area contributed by atoms with Gasteiger partial charge in [-0.05, 0) is 33.6 Å². The van der Waals surface area contributed by atoms with E-state index >= 15 is 0 Å². The van der Waals surface area contributed by atoms with Crippen LogP contribution in [-0.4, -0.2) is 61.1 Å². The van der Waals surface area contributed by atoms with E-state index in [-0.39, 0.29) is 6.09 Å². The van der Waals surface area contributed by atoms with Gasteiger partial charge < -0.3 is 24.8 Å². The first-order valence-corrected chi connectivity index (χ1v) is 8.21. The molecule has 0 spiro atoms. The van der Waals surface area contributed by atoms with Crippen LogP contribution in [0.3, 0.4) is 0 Å². The minimum Gasteiger partial charge on any atom is -0.465 e. The van der Waals surface area contributed by atoms with Crippen LogP contribution in [0.5, 0.6) is 0 Å². The molecule has 0 aromatic heterocycles. The van der Waals surface area contributed by atoms with Gasteiger partial charge in [-0.2, -0.15) is 0 Å². The van der Waals surface area contributed by atoms with Gasteiger partial charge in [0.25, 0.3) is 0 Å². The molecule has 0 fully saturated rings. The zero-order valence-corrected chi connectivity index (χ0v) is 14.9. The molecular formula is C16H32N2O5. The monoisotopic (exact) mass is 332 g/mol. The zero-order valence-electron chi connectivity index (χ0n) is 14.9. The lowest BCUT2D eigenvalue weighted by molar-refractivity contribution is 0.0296. The fourth-order valence-corrected chi connectivity index (χ4v) is 1.85. The van der Waals surface area contributed by atoms with Crippen LogP contribution in [0.25, 0.3) is 0 Å². The topological polar surface area (TPSA) is 88.1 Å². The molecule has 0 saturated heterocycles. The van der Waals surface area contributed by atoms with Gasteiger partial charge in [-0.1, -0.05) is 19.3 Å². The number of hydrogen-bond donors (Lipinski definition) is 2. The Kier molecular flexibility index (Phi) is 11.2. The van der Waals surface area contributed by atoms with Gasteiger partial charge in [0.15, 0.2) is 0 Å². The van der Waals surface area contributed by atoms with Crippen molar-refractivity contribution in [2.24, 2.45) is 0 Å². The van der Waals surface area contributed by atoms with Crippen LogP contribution in [0.4, 0.5) is 9.59 Å². The summed E-state index contributed by atoms with van der Waals surface area (Å²) < 4.78 is 10.6. The molecule has 0 aromatic carbocycles. The maximum atomic E-state index is 11.7. The molecule has 0 unspecified atom stereocenters. The van der Waals surface area contributed by atoms with E-state index < -0.39 is 11.7 Å². The molecule has 136 valence electrons. The largest absolute Gasteiger partial charge is 0.465 e. The highest BCUT2D eigenvalue weighted by Gasteiger charge is 2.18. The van der Waals surface area contributed by atoms with Crippen molar-refractivity contribution >= 4 is 12.2 Å². The molecule has 0 bridgehead atoms. The van der Waals surface area contributed by atoms with E-state index in [0.717, 1.165) is 32.1 Å². The minimum atomic E-state index is -1.02. The normalized spacial score (nSPS) is 11.1. The van der Waals surface area contributed by atoms with E-state index in [9.17, 15) is 9.59 Å². The fraction of sp³-hybridized carbons (Fsp3) is 0.875. The molecule has 0 aromatic rings. The average Bonchev–Trinajstić information content (AvgIpc) is 2.42. The van der Waals surface area contributed by atoms with E-state index in [1.807, 2.05) is 20.8 Å². The number of rotatable bonds is 11. The highest BCUT2D eigenvalue weighted by Crippen LogP contribution is 2.10. The molecule has 0 aliphatic rings. The number of carbonyl (C=O) groups excluding carboxylic acids is 1. The number of amides is 2. The fourth-order valence-electron chi connectivity index (χ4n) is 1.85. The van der Waals surface area contributed by atoms with Crippen molar-refractivity contribution in [3.8, 4) is 0 Å². The summed E-state index contributed by atoms with van der Waals surface area (Å²) in [6.45, 7) is 7.67. The van der Waals surface area contributed by atoms with Crippen LogP contribution in [0.15, 0.2) is 0 Å². The smallest absolute Gasteiger partial charge is 0.410 e. The van der Waals surface area contributed by atoms with Gasteiger partial charge in [0.2, 0.25) is 0 Å². The third-order valence-corrected chi connectivity index (χ3v) is 3.01. The molecule has 2 N–H and O–H groups in total. The second kappa shape index (κ2) is 12.0. The van der Waals surface area contributed by atoms with E-state index in [1.54, 1.807) is 11.9 Å². The highest BCUT2D eigenvalue weighted by molar-refractivity contribution is 5.67. The van der Waals surface area contributed by atoms with Crippen molar-refractivity contribution in [3.63, 3.8) is 0 Å². The molecule has 0 atom stereocenters. The summed E-state index contributed by atoms with van der Waals surface area (Å²) in [6, 6.07) is 0. The predicted octanol–water partition coefficient (Wildman–Crippen LogP) is 3.09. The Labute approximate surface area is 139 Å². The Hall–Kier alpha value is -1.50. The Morgan fingerprint density at radius 1 is 1.04 bits per heavy atom. The number of nitrogens with zero attached hydrogens (tertiary/aromatic N) is 1. The summed E-state index contributed by atoms with van der Waals surface area (Å²) in [6.07, 6.45) is 3.86. The molecule has 0 radical (unpaired) electrons. The van der Waals surface area contributed by atoms with Crippen molar-refractivity contribution in [2.75, 3.05) is 33.4 Å². The SMILES string of the molecule is CN(CCCCCCCOCCNC(=O)O)C(=O)OC(C)(C)C. The molecule has 2 amide bonds. The lowest BCUT2D eigenvalue weighted by Crippen LogP contribution is -2.34. The molecule has 23 heavy (non-hydrogen) atoms. The number of carboxylic acid groups (broad SMARTS) is 1. The Balaban J connectivity index is 3.39. The van der Waals surface area contributed by atoms with Crippen LogP contribution < -0.4 is 5.32 Å². The Bertz CT molecular complexity index is 342. The number of carbonyl (C=O) groups is 2. The summed E-state index contributed by atoms with van der Waals surface area (Å²) in [7, 11) is 1.76. The lowest BCUT2D eigenvalue weighted by Gasteiger charge is -2.24. The molecule has 0 rings (SSSR count). The minimum absolute atomic E-state index is 0.277. The van der Waals surface area contributed by atoms with Gasteiger partial charge in [0, 0.05) is 26.7 Å². The van der Waals surface area contributed by atoms with E-state index in [0.29, 0.717) is 26.3 Å². The van der Waals surface area contributed by atoms with Gasteiger partial charge >= 0.3 is 12.2 Å². The van der Waals surface area contributed by atoms with Crippen LogP contribution in [0.1, 0.15) is 52.9 Å². The summed E-state index contributed by atoms with van der Waals surface area (Å²) >= 11 is 0. The molecule has 0 saturated carbocycles. The number of unbranched alkanes of at least 4 members (excludes halogenated alkanes) is 4. The van der Waals surface area contributed by atoms with E-state index in [2.05, 4.69) is 5.32 Å². The second-order valence-corrected chi connectivity index (χ2v) is 6.51. The molecule has 0 aliphatic heterocycles. The van der Waals surface area contributed by atoms with Crippen LogP contribution in [0, 0.1) is 0 Å². The summed E-state index contributed by atoms with van der Waals surface area (Å²) in [4.78, 5) is 23.5. The van der Waals surface area contributed by atoms with Crippen molar-refractivity contribution in [1.82, 2.24) is 10.2 Å². The number of nitrogens with one attached hydrogen (secondary N) is 1. The quantitative estimate of drug-likeness (QED) is 0.568. The summed E-state index contributed by atoms with van der Waals surface area (Å²) in [5, 5.41) is 10.6. The van der Waals surface area contributed by atoms with Gasteiger partial charge in [0.1, 0.15) is 5.60 Å². The molecular weight excluding hydrogens is 300 g/mol. The van der Waals surface area contributed by atoms with Gasteiger partial charge in [0.05, 0.1) is 6.61 Å². The van der Waals surface area contributed by atoms with E-state index in [1.165, 1.54) is 0 Å².